The second kappa shape index (κ2) is 12.7. The summed E-state index contributed by atoms with van der Waals surface area (Å²) in [6, 6.07) is 15.4. The highest BCUT2D eigenvalue weighted by molar-refractivity contribution is 7.80. The minimum atomic E-state index is -0.797. The fourth-order valence-electron chi connectivity index (χ4n) is 4.70. The first-order chi connectivity index (χ1) is 19.2. The van der Waals surface area contributed by atoms with Gasteiger partial charge in [0.05, 0.1) is 23.6 Å². The van der Waals surface area contributed by atoms with Crippen molar-refractivity contribution in [3.63, 3.8) is 0 Å². The van der Waals surface area contributed by atoms with E-state index in [1.807, 2.05) is 25.1 Å². The summed E-state index contributed by atoms with van der Waals surface area (Å²) in [5, 5.41) is 18.8. The van der Waals surface area contributed by atoms with E-state index in [1.54, 1.807) is 59.8 Å². The van der Waals surface area contributed by atoms with Crippen LogP contribution < -0.4 is 15.0 Å². The fraction of sp³-hybridized carbons (Fsp3) is 0.357. The third-order valence-corrected chi connectivity index (χ3v) is 7.03. The number of nitrogens with one attached hydrogen (secondary N) is 1. The molecule has 210 valence electrons. The fourth-order valence-corrected chi connectivity index (χ4v) is 5.12. The highest BCUT2D eigenvalue weighted by Crippen LogP contribution is 2.28. The summed E-state index contributed by atoms with van der Waals surface area (Å²) in [7, 11) is 0. The van der Waals surface area contributed by atoms with Gasteiger partial charge in [0.15, 0.2) is 5.11 Å². The molecule has 0 spiro atoms. The Bertz CT molecular complexity index is 1390. The summed E-state index contributed by atoms with van der Waals surface area (Å²) in [4.78, 5) is 40.8. The quantitative estimate of drug-likeness (QED) is 0.192. The van der Waals surface area contributed by atoms with Crippen molar-refractivity contribution in [2.45, 2.75) is 52.6 Å². The molecule has 1 aliphatic rings. The summed E-state index contributed by atoms with van der Waals surface area (Å²) in [5.41, 5.74) is 2.04. The van der Waals surface area contributed by atoms with Gasteiger partial charge in [-0.15, -0.1) is 0 Å². The summed E-state index contributed by atoms with van der Waals surface area (Å²) >= 11 is 5.72. The van der Waals surface area contributed by atoms with Crippen LogP contribution in [0.1, 0.15) is 37.6 Å². The molecule has 1 saturated heterocycles. The first-order valence-electron chi connectivity index (χ1n) is 13.1. The minimum Gasteiger partial charge on any atom is -0.494 e. The normalized spacial score (nSPS) is 15.0. The number of nitro groups is 1. The molecule has 0 aliphatic carbocycles. The number of hydrogen-bond donors (Lipinski definition) is 1. The van der Waals surface area contributed by atoms with Crippen LogP contribution in [0, 0.1) is 24.0 Å². The van der Waals surface area contributed by atoms with Gasteiger partial charge in [-0.25, -0.2) is 0 Å². The molecule has 1 atom stereocenters. The number of carbonyl (C=O) groups excluding carboxylic acids is 2. The average Bonchev–Trinajstić information content (AvgIpc) is 3.34. The van der Waals surface area contributed by atoms with Gasteiger partial charge in [0.2, 0.25) is 5.91 Å². The number of ether oxygens (including phenoxy) is 1. The van der Waals surface area contributed by atoms with Gasteiger partial charge in [-0.1, -0.05) is 25.1 Å². The number of anilines is 2. The predicted molar refractivity (Wildman–Crippen MR) is 155 cm³/mol. The number of nitrogens with zero attached hydrogens (tertiary/aromatic N) is 5. The molecule has 4 rings (SSSR count). The maximum absolute atomic E-state index is 13.6. The average molecular weight is 565 g/mol. The van der Waals surface area contributed by atoms with Gasteiger partial charge in [0.25, 0.3) is 5.91 Å². The van der Waals surface area contributed by atoms with Gasteiger partial charge in [0, 0.05) is 18.8 Å². The van der Waals surface area contributed by atoms with Crippen molar-refractivity contribution in [3.05, 3.63) is 76.1 Å². The number of benzene rings is 2. The van der Waals surface area contributed by atoms with Crippen LogP contribution in [0.2, 0.25) is 0 Å². The van der Waals surface area contributed by atoms with E-state index in [4.69, 9.17) is 17.0 Å². The number of thiocarbonyl (C=S) groups is 1. The van der Waals surface area contributed by atoms with E-state index >= 15 is 0 Å². The molecule has 2 aromatic carbocycles. The summed E-state index contributed by atoms with van der Waals surface area (Å²) in [6.45, 7) is 6.66. The largest absolute Gasteiger partial charge is 0.494 e. The van der Waals surface area contributed by atoms with Crippen molar-refractivity contribution in [3.8, 4) is 5.75 Å². The minimum absolute atomic E-state index is 0.00151. The maximum atomic E-state index is 13.6. The molecule has 1 aliphatic heterocycles. The maximum Gasteiger partial charge on any atom is 0.312 e. The smallest absolute Gasteiger partial charge is 0.312 e. The first kappa shape index (κ1) is 28.7. The lowest BCUT2D eigenvalue weighted by Crippen LogP contribution is -2.38. The number of aryl methyl sites for hydroxylation is 2. The second-order valence-corrected chi connectivity index (χ2v) is 9.84. The molecule has 1 fully saturated rings. The number of aromatic nitrogens is 2. The number of amides is 2. The van der Waals surface area contributed by atoms with Crippen LogP contribution in [0.4, 0.5) is 17.1 Å². The van der Waals surface area contributed by atoms with E-state index in [2.05, 4.69) is 10.4 Å². The molecule has 0 unspecified atom stereocenters. The number of rotatable bonds is 12. The Morgan fingerprint density at radius 3 is 2.45 bits per heavy atom. The molecule has 11 nitrogen and oxygen atoms in total. The van der Waals surface area contributed by atoms with Gasteiger partial charge < -0.3 is 15.0 Å². The van der Waals surface area contributed by atoms with Crippen molar-refractivity contribution < 1.29 is 19.2 Å². The molecule has 2 amide bonds. The highest BCUT2D eigenvalue weighted by Gasteiger charge is 2.43. The van der Waals surface area contributed by atoms with Crippen molar-refractivity contribution in [1.82, 2.24) is 14.7 Å². The second-order valence-electron chi connectivity index (χ2n) is 9.48. The van der Waals surface area contributed by atoms with Gasteiger partial charge in [0.1, 0.15) is 23.2 Å². The van der Waals surface area contributed by atoms with E-state index in [0.717, 1.165) is 6.42 Å². The van der Waals surface area contributed by atoms with E-state index in [1.165, 1.54) is 4.90 Å². The van der Waals surface area contributed by atoms with Crippen LogP contribution in [-0.4, -0.2) is 55.7 Å². The van der Waals surface area contributed by atoms with Crippen LogP contribution in [0.25, 0.3) is 0 Å². The zero-order valence-corrected chi connectivity index (χ0v) is 23.5. The Hall–Kier alpha value is -4.32. The Morgan fingerprint density at radius 2 is 1.82 bits per heavy atom. The van der Waals surface area contributed by atoms with E-state index in [-0.39, 0.29) is 23.9 Å². The van der Waals surface area contributed by atoms with E-state index < -0.39 is 11.0 Å². The summed E-state index contributed by atoms with van der Waals surface area (Å²) in [6.07, 6.45) is 1.31. The van der Waals surface area contributed by atoms with Crippen molar-refractivity contribution in [2.75, 3.05) is 23.4 Å². The Balaban J connectivity index is 1.48. The molecular formula is C28H32N6O5S. The molecule has 1 N–H and O–H groups in total. The third-order valence-electron chi connectivity index (χ3n) is 6.62. The first-order valence-corrected chi connectivity index (χ1v) is 13.5. The molecule has 0 saturated carbocycles. The number of hydrogen-bond acceptors (Lipinski definition) is 7. The predicted octanol–water partition coefficient (Wildman–Crippen LogP) is 4.62. The molecule has 40 heavy (non-hydrogen) atoms. The Morgan fingerprint density at radius 1 is 1.12 bits per heavy atom. The zero-order chi connectivity index (χ0) is 28.8. The van der Waals surface area contributed by atoms with Crippen molar-refractivity contribution in [1.29, 1.82) is 0 Å². The molecule has 3 aromatic rings. The van der Waals surface area contributed by atoms with Gasteiger partial charge >= 0.3 is 5.69 Å². The highest BCUT2D eigenvalue weighted by atomic mass is 32.1. The van der Waals surface area contributed by atoms with Crippen molar-refractivity contribution >= 4 is 46.2 Å². The molecule has 0 bridgehead atoms. The lowest BCUT2D eigenvalue weighted by atomic mass is 10.1. The summed E-state index contributed by atoms with van der Waals surface area (Å²) in [5.74, 6) is 0.114. The number of para-hydroxylation sites is 1. The van der Waals surface area contributed by atoms with Gasteiger partial charge in [-0.2, -0.15) is 5.10 Å². The van der Waals surface area contributed by atoms with Gasteiger partial charge in [-0.05, 0) is 75.3 Å². The molecule has 0 radical (unpaired) electrons. The SMILES string of the molecule is CCCOc1ccc(NC(=O)C[C@@H]2C(=O)N(c3ccccc3)C(=S)N2CCCn2nc(C)c([N+](=O)[O-])c2C)cc1. The zero-order valence-electron chi connectivity index (χ0n) is 22.7. The molecular weight excluding hydrogens is 532 g/mol. The standard InChI is InChI=1S/C28H32N6O5S/c1-4-17-39-23-13-11-21(12-14-23)29-25(35)18-24-27(36)33(22-9-6-5-7-10-22)28(40)31(24)15-8-16-32-20(3)26(34(37)38)19(2)30-32/h5-7,9-14,24H,4,8,15-18H2,1-3H3,(H,29,35)/t24-/m1/s1. The topological polar surface area (TPSA) is 123 Å². The number of carbonyl (C=O) groups is 2. The lowest BCUT2D eigenvalue weighted by Gasteiger charge is -2.24. The Labute approximate surface area is 237 Å². The molecule has 1 aromatic heterocycles. The van der Waals surface area contributed by atoms with E-state index in [9.17, 15) is 19.7 Å². The van der Waals surface area contributed by atoms with Crippen LogP contribution in [0.15, 0.2) is 54.6 Å². The van der Waals surface area contributed by atoms with Crippen molar-refractivity contribution in [2.24, 2.45) is 0 Å². The van der Waals surface area contributed by atoms with Gasteiger partial charge in [-0.3, -0.25) is 29.3 Å². The molecule has 2 heterocycles. The third kappa shape index (κ3) is 6.28. The van der Waals surface area contributed by atoms with Crippen LogP contribution in [0.5, 0.6) is 5.75 Å². The molecule has 12 heteroatoms. The Kier molecular flexibility index (Phi) is 9.10. The van der Waals surface area contributed by atoms with Crippen LogP contribution in [-0.2, 0) is 16.1 Å². The summed E-state index contributed by atoms with van der Waals surface area (Å²) < 4.78 is 7.19. The monoisotopic (exact) mass is 564 g/mol. The lowest BCUT2D eigenvalue weighted by molar-refractivity contribution is -0.386. The van der Waals surface area contributed by atoms with Crippen LogP contribution in [0.3, 0.4) is 0 Å². The van der Waals surface area contributed by atoms with Crippen LogP contribution >= 0.6 is 12.2 Å². The van der Waals surface area contributed by atoms with E-state index in [0.29, 0.717) is 59.7 Å².